The molecule has 0 saturated heterocycles. The number of amides is 2. The number of anilines is 2. The van der Waals surface area contributed by atoms with Crippen molar-refractivity contribution in [2.45, 2.75) is 52.7 Å². The lowest BCUT2D eigenvalue weighted by molar-refractivity contribution is -0.137. The number of fused-ring (bicyclic) bond motifs is 2. The van der Waals surface area contributed by atoms with Gasteiger partial charge in [-0.2, -0.15) is 5.26 Å². The van der Waals surface area contributed by atoms with Crippen LogP contribution < -0.4 is 25.4 Å². The molecule has 0 aliphatic carbocycles. The Bertz CT molecular complexity index is 1810. The van der Waals surface area contributed by atoms with Gasteiger partial charge in [-0.3, -0.25) is 14.4 Å². The second-order valence-electron chi connectivity index (χ2n) is 11.9. The molecule has 45 heavy (non-hydrogen) atoms. The van der Waals surface area contributed by atoms with Crippen molar-refractivity contribution in [1.29, 1.82) is 5.26 Å². The molecule has 0 bridgehead atoms. The Labute approximate surface area is 263 Å². The van der Waals surface area contributed by atoms with E-state index in [4.69, 9.17) is 10.00 Å². The zero-order chi connectivity index (χ0) is 32.1. The van der Waals surface area contributed by atoms with Gasteiger partial charge >= 0.3 is 0 Å². The van der Waals surface area contributed by atoms with Crippen molar-refractivity contribution in [1.82, 2.24) is 9.88 Å². The number of nitrogens with one attached hydrogen (secondary N) is 1. The molecule has 9 nitrogen and oxygen atoms in total. The van der Waals surface area contributed by atoms with Crippen molar-refractivity contribution in [3.05, 3.63) is 100 Å². The molecule has 1 aromatic heterocycles. The molecular weight excluding hydrogens is 566 g/mol. The summed E-state index contributed by atoms with van der Waals surface area (Å²) < 4.78 is 7.90. The zero-order valence-electron chi connectivity index (χ0n) is 26.2. The Kier molecular flexibility index (Phi) is 9.35. The highest BCUT2D eigenvalue weighted by Crippen LogP contribution is 2.40. The summed E-state index contributed by atoms with van der Waals surface area (Å²) in [5.74, 6) is 0.130. The highest BCUT2D eigenvalue weighted by molar-refractivity contribution is 6.20. The summed E-state index contributed by atoms with van der Waals surface area (Å²) >= 11 is 0. The van der Waals surface area contributed by atoms with Gasteiger partial charge in [-0.05, 0) is 81.0 Å². The molecule has 2 amide bonds. The van der Waals surface area contributed by atoms with Gasteiger partial charge in [0.2, 0.25) is 11.8 Å². The largest absolute Gasteiger partial charge is 0.494 e. The molecule has 3 aromatic carbocycles. The molecule has 1 atom stereocenters. The molecule has 232 valence electrons. The van der Waals surface area contributed by atoms with Crippen LogP contribution in [-0.4, -0.2) is 42.6 Å². The van der Waals surface area contributed by atoms with E-state index in [1.165, 1.54) is 0 Å². The Hall–Kier alpha value is -4.94. The average Bonchev–Trinajstić information content (AvgIpc) is 3.11. The maximum atomic E-state index is 13.2. The van der Waals surface area contributed by atoms with Gasteiger partial charge < -0.3 is 24.4 Å². The van der Waals surface area contributed by atoms with Crippen LogP contribution in [0.25, 0.3) is 10.8 Å². The summed E-state index contributed by atoms with van der Waals surface area (Å²) in [5.41, 5.74) is 1.78. The van der Waals surface area contributed by atoms with E-state index in [0.29, 0.717) is 60.7 Å². The zero-order valence-corrected chi connectivity index (χ0v) is 26.2. The molecule has 0 fully saturated rings. The lowest BCUT2D eigenvalue weighted by Gasteiger charge is -2.27. The lowest BCUT2D eigenvalue weighted by Crippen LogP contribution is -2.47. The van der Waals surface area contributed by atoms with Gasteiger partial charge in [-0.15, -0.1) is 0 Å². The number of carbonyl (C=O) groups excluding carboxylic acids is 2. The van der Waals surface area contributed by atoms with E-state index in [1.54, 1.807) is 47.4 Å². The smallest absolute Gasteiger partial charge is 0.258 e. The summed E-state index contributed by atoms with van der Waals surface area (Å²) in [5, 5.41) is 14.3. The number of nitrogens with zero attached hydrogens (tertiary/aromatic N) is 4. The molecular formula is C36H39N5O4. The SMILES string of the molecule is CCN1C(=O)C(C)(C)C(=O)N(C)c2cc(OCCCC(Cn3ccc4ccccc4c3=O)NCc3ccc(C#N)cc3)ccc21. The quantitative estimate of drug-likeness (QED) is 0.185. The number of nitriles is 1. The number of carbonyl (C=O) groups is 2. The second kappa shape index (κ2) is 13.4. The van der Waals surface area contributed by atoms with E-state index in [0.717, 1.165) is 17.4 Å². The minimum atomic E-state index is -1.17. The molecule has 0 spiro atoms. The summed E-state index contributed by atoms with van der Waals surface area (Å²) in [7, 11) is 1.69. The first-order valence-corrected chi connectivity index (χ1v) is 15.3. The van der Waals surface area contributed by atoms with Crippen LogP contribution in [0.15, 0.2) is 83.8 Å². The van der Waals surface area contributed by atoms with Crippen LogP contribution in [0.2, 0.25) is 0 Å². The van der Waals surface area contributed by atoms with Crippen molar-refractivity contribution in [3.8, 4) is 11.8 Å². The third-order valence-corrected chi connectivity index (χ3v) is 8.48. The second-order valence-corrected chi connectivity index (χ2v) is 11.9. The highest BCUT2D eigenvalue weighted by Gasteiger charge is 2.45. The fraction of sp³-hybridized carbons (Fsp3) is 0.333. The van der Waals surface area contributed by atoms with Crippen molar-refractivity contribution >= 4 is 34.0 Å². The molecule has 1 aliphatic heterocycles. The van der Waals surface area contributed by atoms with Crippen LogP contribution >= 0.6 is 0 Å². The standard InChI is InChI=1S/C36H39N5O4/c1-5-41-31-17-16-29(21-32(31)39(4)34(43)36(2,3)35(41)44)45-20-8-10-28(38-23-26-14-12-25(22-37)13-15-26)24-40-19-18-27-9-6-7-11-30(27)33(40)42/h6-7,9,11-19,21,28,38H,5,8,10,20,23-24H2,1-4H3. The van der Waals surface area contributed by atoms with E-state index in [2.05, 4.69) is 11.4 Å². The molecule has 0 radical (unpaired) electrons. The maximum absolute atomic E-state index is 13.2. The summed E-state index contributed by atoms with van der Waals surface area (Å²) in [4.78, 5) is 42.8. The van der Waals surface area contributed by atoms with Gasteiger partial charge in [0.05, 0.1) is 29.6 Å². The molecule has 2 heterocycles. The van der Waals surface area contributed by atoms with Gasteiger partial charge in [0.1, 0.15) is 11.2 Å². The Morgan fingerprint density at radius 2 is 1.71 bits per heavy atom. The average molecular weight is 606 g/mol. The van der Waals surface area contributed by atoms with Crippen molar-refractivity contribution in [2.24, 2.45) is 5.41 Å². The number of ether oxygens (including phenoxy) is 1. The first-order chi connectivity index (χ1) is 21.6. The lowest BCUT2D eigenvalue weighted by atomic mass is 9.90. The van der Waals surface area contributed by atoms with Gasteiger partial charge in [-0.1, -0.05) is 30.3 Å². The fourth-order valence-electron chi connectivity index (χ4n) is 5.82. The van der Waals surface area contributed by atoms with Crippen LogP contribution in [-0.2, 0) is 22.7 Å². The summed E-state index contributed by atoms with van der Waals surface area (Å²) in [6.07, 6.45) is 3.30. The topological polar surface area (TPSA) is 108 Å². The minimum absolute atomic E-state index is 0.0229. The fourth-order valence-corrected chi connectivity index (χ4v) is 5.82. The number of aromatic nitrogens is 1. The van der Waals surface area contributed by atoms with Crippen LogP contribution in [0.3, 0.4) is 0 Å². The van der Waals surface area contributed by atoms with Gasteiger partial charge in [0, 0.05) is 50.4 Å². The normalized spacial score (nSPS) is 15.0. The van der Waals surface area contributed by atoms with E-state index in [1.807, 2.05) is 73.8 Å². The van der Waals surface area contributed by atoms with Crippen LogP contribution in [0.5, 0.6) is 5.75 Å². The summed E-state index contributed by atoms with van der Waals surface area (Å²) in [6, 6.07) is 24.6. The highest BCUT2D eigenvalue weighted by atomic mass is 16.5. The van der Waals surface area contributed by atoms with Gasteiger partial charge in [0.15, 0.2) is 0 Å². The van der Waals surface area contributed by atoms with Crippen LogP contribution in [0.1, 0.15) is 44.7 Å². The predicted octanol–water partition coefficient (Wildman–Crippen LogP) is 5.25. The monoisotopic (exact) mass is 605 g/mol. The molecule has 5 rings (SSSR count). The van der Waals surface area contributed by atoms with Crippen molar-refractivity contribution in [2.75, 3.05) is 30.0 Å². The van der Waals surface area contributed by atoms with E-state index in [-0.39, 0.29) is 23.4 Å². The first-order valence-electron chi connectivity index (χ1n) is 15.3. The third-order valence-electron chi connectivity index (χ3n) is 8.48. The number of hydrogen-bond donors (Lipinski definition) is 1. The molecule has 1 aliphatic rings. The molecule has 1 N–H and O–H groups in total. The molecule has 4 aromatic rings. The maximum Gasteiger partial charge on any atom is 0.258 e. The number of pyridine rings is 1. The minimum Gasteiger partial charge on any atom is -0.494 e. The Morgan fingerprint density at radius 1 is 0.956 bits per heavy atom. The van der Waals surface area contributed by atoms with E-state index < -0.39 is 5.41 Å². The van der Waals surface area contributed by atoms with Gasteiger partial charge in [0.25, 0.3) is 5.56 Å². The molecule has 9 heteroatoms. The predicted molar refractivity (Wildman–Crippen MR) is 176 cm³/mol. The molecule has 0 saturated carbocycles. The van der Waals surface area contributed by atoms with E-state index in [9.17, 15) is 14.4 Å². The van der Waals surface area contributed by atoms with Crippen LogP contribution in [0.4, 0.5) is 11.4 Å². The molecule has 1 unspecified atom stereocenters. The number of benzene rings is 3. The summed E-state index contributed by atoms with van der Waals surface area (Å²) in [6.45, 7) is 7.19. The Morgan fingerprint density at radius 3 is 2.44 bits per heavy atom. The third kappa shape index (κ3) is 6.61. The Balaban J connectivity index is 1.28. The van der Waals surface area contributed by atoms with Crippen molar-refractivity contribution in [3.63, 3.8) is 0 Å². The van der Waals surface area contributed by atoms with Crippen LogP contribution in [0, 0.1) is 16.7 Å². The number of hydrogen-bond acceptors (Lipinski definition) is 6. The first kappa shape index (κ1) is 31.5. The number of rotatable bonds is 11. The van der Waals surface area contributed by atoms with Crippen molar-refractivity contribution < 1.29 is 14.3 Å². The van der Waals surface area contributed by atoms with Gasteiger partial charge in [-0.25, -0.2) is 0 Å². The van der Waals surface area contributed by atoms with E-state index >= 15 is 0 Å².